The SMILES string of the molecule is CCC(=O)N1CCOc2ccc(S(=O)(=O)CC(=O)O)cc21. The van der Waals surface area contributed by atoms with Crippen LogP contribution in [0, 0.1) is 0 Å². The zero-order valence-electron chi connectivity index (χ0n) is 11.4. The Balaban J connectivity index is 2.46. The highest BCUT2D eigenvalue weighted by atomic mass is 32.2. The molecule has 0 aromatic heterocycles. The van der Waals surface area contributed by atoms with Crippen molar-refractivity contribution in [2.45, 2.75) is 18.2 Å². The van der Waals surface area contributed by atoms with Crippen LogP contribution in [0.1, 0.15) is 13.3 Å². The minimum atomic E-state index is -3.94. The lowest BCUT2D eigenvalue weighted by Gasteiger charge is -2.29. The molecule has 0 saturated heterocycles. The molecule has 0 saturated carbocycles. The molecule has 1 aliphatic rings. The molecule has 7 nitrogen and oxygen atoms in total. The standard InChI is InChI=1S/C13H15NO6S/c1-2-12(15)14-5-6-20-11-4-3-9(7-10(11)14)21(18,19)8-13(16)17/h3-4,7H,2,5-6,8H2,1H3,(H,16,17). The van der Waals surface area contributed by atoms with Gasteiger partial charge in [-0.15, -0.1) is 0 Å². The van der Waals surface area contributed by atoms with E-state index in [4.69, 9.17) is 9.84 Å². The largest absolute Gasteiger partial charge is 0.490 e. The van der Waals surface area contributed by atoms with Gasteiger partial charge in [-0.2, -0.15) is 0 Å². The van der Waals surface area contributed by atoms with E-state index in [1.807, 2.05) is 0 Å². The van der Waals surface area contributed by atoms with Crippen molar-refractivity contribution < 1.29 is 27.9 Å². The van der Waals surface area contributed by atoms with E-state index in [-0.39, 0.29) is 17.2 Å². The number of carbonyl (C=O) groups is 2. The van der Waals surface area contributed by atoms with Crippen LogP contribution in [0.25, 0.3) is 0 Å². The van der Waals surface area contributed by atoms with Crippen LogP contribution in [-0.2, 0) is 19.4 Å². The minimum Gasteiger partial charge on any atom is -0.490 e. The monoisotopic (exact) mass is 313 g/mol. The molecular formula is C13H15NO6S. The molecule has 8 heteroatoms. The Morgan fingerprint density at radius 1 is 1.38 bits per heavy atom. The summed E-state index contributed by atoms with van der Waals surface area (Å²) in [5.41, 5.74) is 0.361. The number of hydrogen-bond acceptors (Lipinski definition) is 5. The summed E-state index contributed by atoms with van der Waals surface area (Å²) < 4.78 is 29.3. The Kier molecular flexibility index (Phi) is 4.17. The molecule has 1 aliphatic heterocycles. The van der Waals surface area contributed by atoms with Gasteiger partial charge < -0.3 is 14.7 Å². The highest BCUT2D eigenvalue weighted by Gasteiger charge is 2.26. The van der Waals surface area contributed by atoms with Crippen LogP contribution in [0.4, 0.5) is 5.69 Å². The third-order valence-electron chi connectivity index (χ3n) is 3.07. The summed E-state index contributed by atoms with van der Waals surface area (Å²) in [6, 6.07) is 4.02. The summed E-state index contributed by atoms with van der Waals surface area (Å²) in [5, 5.41) is 8.66. The van der Waals surface area contributed by atoms with Gasteiger partial charge >= 0.3 is 5.97 Å². The summed E-state index contributed by atoms with van der Waals surface area (Å²) >= 11 is 0. The van der Waals surface area contributed by atoms with E-state index in [0.29, 0.717) is 24.6 Å². The van der Waals surface area contributed by atoms with E-state index < -0.39 is 21.6 Å². The summed E-state index contributed by atoms with van der Waals surface area (Å²) in [4.78, 5) is 23.8. The zero-order chi connectivity index (χ0) is 15.6. The first kappa shape index (κ1) is 15.3. The second-order valence-corrected chi connectivity index (χ2v) is 6.52. The van der Waals surface area contributed by atoms with Crippen LogP contribution in [0.3, 0.4) is 0 Å². The number of benzene rings is 1. The molecule has 0 atom stereocenters. The van der Waals surface area contributed by atoms with Crippen LogP contribution < -0.4 is 9.64 Å². The highest BCUT2D eigenvalue weighted by Crippen LogP contribution is 2.34. The van der Waals surface area contributed by atoms with E-state index in [9.17, 15) is 18.0 Å². The van der Waals surface area contributed by atoms with Gasteiger partial charge in [-0.25, -0.2) is 8.42 Å². The fourth-order valence-corrected chi connectivity index (χ4v) is 3.15. The van der Waals surface area contributed by atoms with Crippen molar-refractivity contribution in [3.8, 4) is 5.75 Å². The molecule has 0 fully saturated rings. The Hall–Kier alpha value is -2.09. The van der Waals surface area contributed by atoms with Crippen molar-refractivity contribution in [3.05, 3.63) is 18.2 Å². The molecule has 1 heterocycles. The maximum Gasteiger partial charge on any atom is 0.319 e. The van der Waals surface area contributed by atoms with E-state index in [1.165, 1.54) is 23.1 Å². The normalized spacial score (nSPS) is 14.2. The van der Waals surface area contributed by atoms with E-state index in [2.05, 4.69) is 0 Å². The number of amides is 1. The lowest BCUT2D eigenvalue weighted by atomic mass is 10.2. The van der Waals surface area contributed by atoms with Crippen molar-refractivity contribution in [1.82, 2.24) is 0 Å². The fourth-order valence-electron chi connectivity index (χ4n) is 2.09. The third kappa shape index (κ3) is 3.15. The molecule has 21 heavy (non-hydrogen) atoms. The first-order valence-electron chi connectivity index (χ1n) is 6.37. The van der Waals surface area contributed by atoms with E-state index >= 15 is 0 Å². The van der Waals surface area contributed by atoms with Gasteiger partial charge in [0.2, 0.25) is 5.91 Å². The Morgan fingerprint density at radius 3 is 2.71 bits per heavy atom. The van der Waals surface area contributed by atoms with Crippen LogP contribution in [0.5, 0.6) is 5.75 Å². The first-order valence-corrected chi connectivity index (χ1v) is 8.02. The van der Waals surface area contributed by atoms with Gasteiger partial charge in [-0.3, -0.25) is 9.59 Å². The molecule has 114 valence electrons. The first-order chi connectivity index (χ1) is 9.85. The molecule has 1 amide bonds. The Morgan fingerprint density at radius 2 is 2.10 bits per heavy atom. The van der Waals surface area contributed by atoms with Crippen molar-refractivity contribution >= 4 is 27.4 Å². The number of rotatable bonds is 4. The maximum absolute atomic E-state index is 11.9. The number of ether oxygens (including phenoxy) is 1. The number of sulfone groups is 1. The van der Waals surface area contributed by atoms with Crippen molar-refractivity contribution in [2.24, 2.45) is 0 Å². The number of aliphatic carboxylic acids is 1. The van der Waals surface area contributed by atoms with Crippen LogP contribution >= 0.6 is 0 Å². The quantitative estimate of drug-likeness (QED) is 0.877. The van der Waals surface area contributed by atoms with Crippen molar-refractivity contribution in [1.29, 1.82) is 0 Å². The van der Waals surface area contributed by atoms with Crippen molar-refractivity contribution in [2.75, 3.05) is 23.8 Å². The van der Waals surface area contributed by atoms with E-state index in [0.717, 1.165) is 0 Å². The highest BCUT2D eigenvalue weighted by molar-refractivity contribution is 7.92. The molecule has 2 rings (SSSR count). The molecule has 0 bridgehead atoms. The number of nitrogens with zero attached hydrogens (tertiary/aromatic N) is 1. The summed E-state index contributed by atoms with van der Waals surface area (Å²) in [6.45, 7) is 2.38. The molecule has 0 unspecified atom stereocenters. The van der Waals surface area contributed by atoms with Gasteiger partial charge in [0.25, 0.3) is 0 Å². The summed E-state index contributed by atoms with van der Waals surface area (Å²) in [6.07, 6.45) is 0.283. The van der Waals surface area contributed by atoms with Gasteiger partial charge in [0, 0.05) is 6.42 Å². The number of carboxylic acids is 1. The Labute approximate surface area is 122 Å². The lowest BCUT2D eigenvalue weighted by molar-refractivity contribution is -0.134. The number of carboxylic acid groups (broad SMARTS) is 1. The summed E-state index contributed by atoms with van der Waals surface area (Å²) in [5.74, 6) is -2.15. The number of anilines is 1. The zero-order valence-corrected chi connectivity index (χ0v) is 12.2. The maximum atomic E-state index is 11.9. The predicted octanol–water partition coefficient (Wildman–Crippen LogP) is 0.680. The van der Waals surface area contributed by atoms with Gasteiger partial charge in [0.1, 0.15) is 12.4 Å². The number of carbonyl (C=O) groups excluding carboxylic acids is 1. The molecule has 0 aliphatic carbocycles. The fraction of sp³-hybridized carbons (Fsp3) is 0.385. The molecular weight excluding hydrogens is 298 g/mol. The van der Waals surface area contributed by atoms with Gasteiger partial charge in [-0.1, -0.05) is 6.92 Å². The topological polar surface area (TPSA) is 101 Å². The number of hydrogen-bond donors (Lipinski definition) is 1. The van der Waals surface area contributed by atoms with Crippen LogP contribution in [-0.4, -0.2) is 44.3 Å². The summed E-state index contributed by atoms with van der Waals surface area (Å²) in [7, 11) is -3.94. The minimum absolute atomic E-state index is 0.136. The second kappa shape index (κ2) is 5.72. The average molecular weight is 313 g/mol. The molecule has 1 aromatic rings. The molecule has 0 radical (unpaired) electrons. The molecule has 1 aromatic carbocycles. The van der Waals surface area contributed by atoms with Gasteiger partial charge in [-0.05, 0) is 18.2 Å². The van der Waals surface area contributed by atoms with Crippen LogP contribution in [0.15, 0.2) is 23.1 Å². The third-order valence-corrected chi connectivity index (χ3v) is 4.67. The van der Waals surface area contributed by atoms with Gasteiger partial charge in [0.15, 0.2) is 15.6 Å². The Bertz CT molecular complexity index is 682. The van der Waals surface area contributed by atoms with Gasteiger partial charge in [0.05, 0.1) is 17.1 Å². The molecule has 1 N–H and O–H groups in total. The van der Waals surface area contributed by atoms with E-state index in [1.54, 1.807) is 6.92 Å². The van der Waals surface area contributed by atoms with Crippen LogP contribution in [0.2, 0.25) is 0 Å². The molecule has 0 spiro atoms. The second-order valence-electron chi connectivity index (χ2n) is 4.53. The van der Waals surface area contributed by atoms with Crippen molar-refractivity contribution in [3.63, 3.8) is 0 Å². The lowest BCUT2D eigenvalue weighted by Crippen LogP contribution is -2.37. The number of fused-ring (bicyclic) bond motifs is 1. The predicted molar refractivity (Wildman–Crippen MR) is 74.3 cm³/mol. The smallest absolute Gasteiger partial charge is 0.319 e. The average Bonchev–Trinajstić information content (AvgIpc) is 2.43.